The molecule has 2 N–H and O–H groups in total. The molecule has 0 aliphatic carbocycles. The number of nitrogen functional groups attached to an aromatic ring is 1. The summed E-state index contributed by atoms with van der Waals surface area (Å²) in [7, 11) is 0. The van der Waals surface area contributed by atoms with Gasteiger partial charge >= 0.3 is 0 Å². The summed E-state index contributed by atoms with van der Waals surface area (Å²) < 4.78 is 1.64. The summed E-state index contributed by atoms with van der Waals surface area (Å²) >= 11 is 0. The fourth-order valence-electron chi connectivity index (χ4n) is 1.75. The SMILES string of the molecule is Cc1ccc(C)c(-n2nc(C#N)c(C)c2N)c1. The molecule has 0 unspecified atom stereocenters. The predicted octanol–water partition coefficient (Wildman–Crippen LogP) is 2.25. The van der Waals surface area contributed by atoms with Gasteiger partial charge in [-0.1, -0.05) is 12.1 Å². The first-order valence-corrected chi connectivity index (χ1v) is 5.37. The Morgan fingerprint density at radius 1 is 1.29 bits per heavy atom. The molecule has 1 aromatic heterocycles. The quantitative estimate of drug-likeness (QED) is 0.810. The van der Waals surface area contributed by atoms with Gasteiger partial charge in [-0.05, 0) is 38.0 Å². The first kappa shape index (κ1) is 11.2. The van der Waals surface area contributed by atoms with Gasteiger partial charge in [0.1, 0.15) is 11.9 Å². The second-order valence-electron chi connectivity index (χ2n) is 4.17. The Bertz CT molecular complexity index is 617. The van der Waals surface area contributed by atoms with E-state index in [0.717, 1.165) is 22.4 Å². The zero-order chi connectivity index (χ0) is 12.6. The average molecular weight is 226 g/mol. The van der Waals surface area contributed by atoms with E-state index in [1.807, 2.05) is 45.0 Å². The summed E-state index contributed by atoms with van der Waals surface area (Å²) in [5.41, 5.74) is 10.2. The molecule has 0 aliphatic heterocycles. The summed E-state index contributed by atoms with van der Waals surface area (Å²) in [5.74, 6) is 0.523. The summed E-state index contributed by atoms with van der Waals surface area (Å²) in [6.45, 7) is 5.82. The Morgan fingerprint density at radius 3 is 2.59 bits per heavy atom. The number of nitriles is 1. The molecule has 0 aliphatic rings. The van der Waals surface area contributed by atoms with E-state index in [2.05, 4.69) is 5.10 Å². The van der Waals surface area contributed by atoms with Gasteiger partial charge in [0.2, 0.25) is 0 Å². The van der Waals surface area contributed by atoms with Gasteiger partial charge < -0.3 is 5.73 Å². The van der Waals surface area contributed by atoms with E-state index in [9.17, 15) is 0 Å². The normalized spacial score (nSPS) is 10.2. The smallest absolute Gasteiger partial charge is 0.168 e. The van der Waals surface area contributed by atoms with Crippen molar-refractivity contribution in [3.63, 3.8) is 0 Å². The second kappa shape index (κ2) is 3.95. The number of anilines is 1. The van der Waals surface area contributed by atoms with Crippen molar-refractivity contribution in [3.8, 4) is 11.8 Å². The first-order valence-electron chi connectivity index (χ1n) is 5.37. The Morgan fingerprint density at radius 2 is 2.00 bits per heavy atom. The number of rotatable bonds is 1. The minimum atomic E-state index is 0.378. The number of aromatic nitrogens is 2. The Balaban J connectivity index is 2.69. The summed E-state index contributed by atoms with van der Waals surface area (Å²) in [6, 6.07) is 8.12. The average Bonchev–Trinajstić information content (AvgIpc) is 2.59. The molecule has 0 fully saturated rings. The maximum Gasteiger partial charge on any atom is 0.168 e. The maximum atomic E-state index is 8.95. The number of hydrogen-bond donors (Lipinski definition) is 1. The molecule has 0 atom stereocenters. The van der Waals surface area contributed by atoms with Crippen LogP contribution in [0.15, 0.2) is 18.2 Å². The highest BCUT2D eigenvalue weighted by Crippen LogP contribution is 2.22. The molecule has 0 bridgehead atoms. The van der Waals surface area contributed by atoms with Crippen molar-refractivity contribution >= 4 is 5.82 Å². The van der Waals surface area contributed by atoms with Gasteiger partial charge in [-0.25, -0.2) is 4.68 Å². The molecule has 4 heteroatoms. The van der Waals surface area contributed by atoms with Gasteiger partial charge in [0.15, 0.2) is 5.69 Å². The number of nitrogens with zero attached hydrogens (tertiary/aromatic N) is 3. The van der Waals surface area contributed by atoms with Crippen molar-refractivity contribution in [2.45, 2.75) is 20.8 Å². The molecule has 1 heterocycles. The highest BCUT2D eigenvalue weighted by molar-refractivity contribution is 5.54. The van der Waals surface area contributed by atoms with Gasteiger partial charge in [0.25, 0.3) is 0 Å². The number of benzene rings is 1. The highest BCUT2D eigenvalue weighted by atomic mass is 15.3. The molecule has 0 saturated carbocycles. The van der Waals surface area contributed by atoms with Crippen LogP contribution >= 0.6 is 0 Å². The van der Waals surface area contributed by atoms with Crippen LogP contribution in [0.4, 0.5) is 5.82 Å². The third-order valence-corrected chi connectivity index (χ3v) is 2.87. The number of aryl methyl sites for hydroxylation is 2. The van der Waals surface area contributed by atoms with E-state index in [0.29, 0.717) is 11.5 Å². The summed E-state index contributed by atoms with van der Waals surface area (Å²) in [4.78, 5) is 0. The lowest BCUT2D eigenvalue weighted by atomic mass is 10.1. The van der Waals surface area contributed by atoms with Crippen molar-refractivity contribution in [2.24, 2.45) is 0 Å². The largest absolute Gasteiger partial charge is 0.383 e. The Hall–Kier alpha value is -2.28. The topological polar surface area (TPSA) is 67.6 Å². The molecule has 0 spiro atoms. The van der Waals surface area contributed by atoms with Crippen molar-refractivity contribution in [2.75, 3.05) is 5.73 Å². The minimum Gasteiger partial charge on any atom is -0.383 e. The first-order chi connectivity index (χ1) is 8.04. The Kier molecular flexibility index (Phi) is 2.60. The van der Waals surface area contributed by atoms with Crippen LogP contribution in [0.25, 0.3) is 5.69 Å². The maximum absolute atomic E-state index is 8.95. The van der Waals surface area contributed by atoms with Crippen molar-refractivity contribution < 1.29 is 0 Å². The molecule has 0 radical (unpaired) electrons. The third-order valence-electron chi connectivity index (χ3n) is 2.87. The molecular formula is C13H14N4. The van der Waals surface area contributed by atoms with Gasteiger partial charge in [0.05, 0.1) is 5.69 Å². The molecule has 2 rings (SSSR count). The molecule has 1 aromatic carbocycles. The van der Waals surface area contributed by atoms with Gasteiger partial charge in [-0.3, -0.25) is 0 Å². The fraction of sp³-hybridized carbons (Fsp3) is 0.231. The van der Waals surface area contributed by atoms with Gasteiger partial charge in [0, 0.05) is 5.56 Å². The fourth-order valence-corrected chi connectivity index (χ4v) is 1.75. The van der Waals surface area contributed by atoms with E-state index in [1.54, 1.807) is 4.68 Å². The van der Waals surface area contributed by atoms with Crippen LogP contribution < -0.4 is 5.73 Å². The summed E-state index contributed by atoms with van der Waals surface area (Å²) in [5, 5.41) is 13.2. The van der Waals surface area contributed by atoms with E-state index >= 15 is 0 Å². The predicted molar refractivity (Wildman–Crippen MR) is 66.9 cm³/mol. The number of hydrogen-bond acceptors (Lipinski definition) is 3. The highest BCUT2D eigenvalue weighted by Gasteiger charge is 2.13. The van der Waals surface area contributed by atoms with E-state index in [1.165, 1.54) is 0 Å². The van der Waals surface area contributed by atoms with Crippen molar-refractivity contribution in [3.05, 3.63) is 40.6 Å². The van der Waals surface area contributed by atoms with Gasteiger partial charge in [-0.15, -0.1) is 0 Å². The van der Waals surface area contributed by atoms with Crippen LogP contribution in [-0.2, 0) is 0 Å². The van der Waals surface area contributed by atoms with Crippen LogP contribution in [-0.4, -0.2) is 9.78 Å². The van der Waals surface area contributed by atoms with Crippen LogP contribution in [0.5, 0.6) is 0 Å². The van der Waals surface area contributed by atoms with Crippen molar-refractivity contribution in [1.82, 2.24) is 9.78 Å². The zero-order valence-electron chi connectivity index (χ0n) is 10.2. The van der Waals surface area contributed by atoms with Crippen LogP contribution in [0, 0.1) is 32.1 Å². The molecular weight excluding hydrogens is 212 g/mol. The van der Waals surface area contributed by atoms with Crippen LogP contribution in [0.2, 0.25) is 0 Å². The van der Waals surface area contributed by atoms with E-state index in [4.69, 9.17) is 11.0 Å². The van der Waals surface area contributed by atoms with Gasteiger partial charge in [-0.2, -0.15) is 10.4 Å². The monoisotopic (exact) mass is 226 g/mol. The van der Waals surface area contributed by atoms with Crippen molar-refractivity contribution in [1.29, 1.82) is 5.26 Å². The lowest BCUT2D eigenvalue weighted by molar-refractivity contribution is 0.874. The standard InChI is InChI=1S/C13H14N4/c1-8-4-5-9(2)12(6-8)17-13(15)10(3)11(7-14)16-17/h4-6H,15H2,1-3H3. The molecule has 0 saturated heterocycles. The molecule has 4 nitrogen and oxygen atoms in total. The summed E-state index contributed by atoms with van der Waals surface area (Å²) in [6.07, 6.45) is 0. The second-order valence-corrected chi connectivity index (χ2v) is 4.17. The number of nitrogens with two attached hydrogens (primary N) is 1. The lowest BCUT2D eigenvalue weighted by Gasteiger charge is -2.08. The lowest BCUT2D eigenvalue weighted by Crippen LogP contribution is -2.04. The van der Waals surface area contributed by atoms with Crippen LogP contribution in [0.1, 0.15) is 22.4 Å². The van der Waals surface area contributed by atoms with E-state index < -0.39 is 0 Å². The Labute approximate surface area is 100 Å². The molecule has 0 amide bonds. The van der Waals surface area contributed by atoms with E-state index in [-0.39, 0.29) is 0 Å². The molecule has 17 heavy (non-hydrogen) atoms. The third kappa shape index (κ3) is 1.76. The molecule has 86 valence electrons. The van der Waals surface area contributed by atoms with Crippen LogP contribution in [0.3, 0.4) is 0 Å². The zero-order valence-corrected chi connectivity index (χ0v) is 10.2. The molecule has 2 aromatic rings. The minimum absolute atomic E-state index is 0.378.